The number of aromatic nitrogens is 1. The average molecular weight is 316 g/mol. The Morgan fingerprint density at radius 2 is 2.15 bits per heavy atom. The Balaban J connectivity index is 2.27. The predicted octanol–water partition coefficient (Wildman–Crippen LogP) is 1.54. The molecule has 7 nitrogen and oxygen atoms in total. The number of carbonyl (C=O) groups is 1. The minimum Gasteiger partial charge on any atom is -0.438 e. The Kier molecular flexibility index (Phi) is 3.80. The number of halogens is 1. The molecule has 0 radical (unpaired) electrons. The van der Waals surface area contributed by atoms with E-state index in [1.54, 1.807) is 6.92 Å². The van der Waals surface area contributed by atoms with Crippen LogP contribution in [0, 0.1) is 6.92 Å². The summed E-state index contributed by atoms with van der Waals surface area (Å²) in [6.45, 7) is 1.62. The highest BCUT2D eigenvalue weighted by molar-refractivity contribution is 7.89. The number of anilines is 1. The quantitative estimate of drug-likeness (QED) is 0.891. The van der Waals surface area contributed by atoms with Gasteiger partial charge in [0.05, 0.1) is 21.3 Å². The minimum absolute atomic E-state index is 0.0436. The lowest BCUT2D eigenvalue weighted by Crippen LogP contribution is -2.14. The van der Waals surface area contributed by atoms with Gasteiger partial charge in [-0.1, -0.05) is 11.6 Å². The third-order valence-electron chi connectivity index (χ3n) is 2.47. The third kappa shape index (κ3) is 2.98. The maximum atomic E-state index is 11.9. The number of sulfonamides is 1. The van der Waals surface area contributed by atoms with Crippen LogP contribution in [-0.2, 0) is 10.0 Å². The lowest BCUT2D eigenvalue weighted by atomic mass is 10.3. The van der Waals surface area contributed by atoms with Crippen LogP contribution < -0.4 is 10.5 Å². The Bertz CT molecular complexity index is 770. The van der Waals surface area contributed by atoms with E-state index in [1.807, 2.05) is 0 Å². The molecule has 2 aromatic rings. The summed E-state index contributed by atoms with van der Waals surface area (Å²) in [7, 11) is -3.85. The van der Waals surface area contributed by atoms with Gasteiger partial charge in [-0.15, -0.1) is 0 Å². The fraction of sp³-hybridized carbons (Fsp3) is 0.0909. The predicted molar refractivity (Wildman–Crippen MR) is 72.0 cm³/mol. The van der Waals surface area contributed by atoms with Gasteiger partial charge in [-0.25, -0.2) is 18.5 Å². The van der Waals surface area contributed by atoms with E-state index >= 15 is 0 Å². The van der Waals surface area contributed by atoms with Crippen molar-refractivity contribution in [3.63, 3.8) is 0 Å². The smallest absolute Gasteiger partial charge is 0.293 e. The highest BCUT2D eigenvalue weighted by Gasteiger charge is 2.16. The van der Waals surface area contributed by atoms with Crippen molar-refractivity contribution in [3.8, 4) is 0 Å². The second-order valence-electron chi connectivity index (χ2n) is 3.91. The molecule has 3 N–H and O–H groups in total. The summed E-state index contributed by atoms with van der Waals surface area (Å²) < 4.78 is 27.3. The third-order valence-corrected chi connectivity index (χ3v) is 3.69. The summed E-state index contributed by atoms with van der Waals surface area (Å²) in [5.74, 6) is -0.484. The van der Waals surface area contributed by atoms with E-state index in [0.717, 1.165) is 12.5 Å². The number of benzene rings is 1. The molecule has 0 spiro atoms. The molecule has 1 aromatic heterocycles. The normalized spacial score (nSPS) is 11.3. The molecular weight excluding hydrogens is 306 g/mol. The van der Waals surface area contributed by atoms with E-state index in [2.05, 4.69) is 10.3 Å². The van der Waals surface area contributed by atoms with Crippen LogP contribution in [0.25, 0.3) is 0 Å². The first-order valence-electron chi connectivity index (χ1n) is 5.33. The monoisotopic (exact) mass is 315 g/mol. The molecule has 0 aliphatic rings. The van der Waals surface area contributed by atoms with Crippen molar-refractivity contribution in [1.82, 2.24) is 4.98 Å². The fourth-order valence-electron chi connectivity index (χ4n) is 1.47. The van der Waals surface area contributed by atoms with E-state index in [-0.39, 0.29) is 21.4 Å². The SMILES string of the molecule is Cc1ncoc1C(=O)Nc1ccc(S(N)(=O)=O)cc1Cl. The second kappa shape index (κ2) is 5.23. The molecule has 2 rings (SSSR count). The molecule has 1 amide bonds. The van der Waals surface area contributed by atoms with Gasteiger partial charge in [0.1, 0.15) is 0 Å². The largest absolute Gasteiger partial charge is 0.438 e. The first kappa shape index (κ1) is 14.5. The number of hydrogen-bond donors (Lipinski definition) is 2. The number of nitrogens with two attached hydrogens (primary N) is 1. The van der Waals surface area contributed by atoms with Crippen molar-refractivity contribution in [2.45, 2.75) is 11.8 Å². The van der Waals surface area contributed by atoms with Gasteiger partial charge in [0.25, 0.3) is 5.91 Å². The Hall–Kier alpha value is -1.90. The maximum absolute atomic E-state index is 11.9. The van der Waals surface area contributed by atoms with Crippen LogP contribution in [-0.4, -0.2) is 19.3 Å². The number of nitrogens with one attached hydrogen (secondary N) is 1. The summed E-state index contributed by atoms with van der Waals surface area (Å²) in [5.41, 5.74) is 0.666. The van der Waals surface area contributed by atoms with Crippen molar-refractivity contribution in [2.75, 3.05) is 5.32 Å². The molecule has 0 saturated heterocycles. The van der Waals surface area contributed by atoms with E-state index in [4.69, 9.17) is 21.2 Å². The van der Waals surface area contributed by atoms with Crippen molar-refractivity contribution in [2.24, 2.45) is 5.14 Å². The van der Waals surface area contributed by atoms with Gasteiger partial charge in [-0.05, 0) is 25.1 Å². The summed E-state index contributed by atoms with van der Waals surface area (Å²) in [6.07, 6.45) is 1.15. The summed E-state index contributed by atoms with van der Waals surface area (Å²) in [4.78, 5) is 15.5. The molecule has 0 saturated carbocycles. The molecule has 0 fully saturated rings. The lowest BCUT2D eigenvalue weighted by molar-refractivity contribution is 0.0996. The summed E-state index contributed by atoms with van der Waals surface area (Å²) >= 11 is 5.90. The van der Waals surface area contributed by atoms with Crippen LogP contribution in [0.15, 0.2) is 33.9 Å². The topological polar surface area (TPSA) is 115 Å². The zero-order valence-electron chi connectivity index (χ0n) is 10.3. The van der Waals surface area contributed by atoms with Crippen LogP contribution in [0.1, 0.15) is 16.2 Å². The Labute approximate surface area is 119 Å². The van der Waals surface area contributed by atoms with Gasteiger partial charge >= 0.3 is 0 Å². The number of aryl methyl sites for hydroxylation is 1. The van der Waals surface area contributed by atoms with E-state index in [0.29, 0.717) is 5.69 Å². The number of carbonyl (C=O) groups excluding carboxylic acids is 1. The van der Waals surface area contributed by atoms with Crippen LogP contribution in [0.5, 0.6) is 0 Å². The van der Waals surface area contributed by atoms with Crippen molar-refractivity contribution in [3.05, 3.63) is 41.1 Å². The maximum Gasteiger partial charge on any atom is 0.293 e. The lowest BCUT2D eigenvalue weighted by Gasteiger charge is -2.07. The zero-order valence-corrected chi connectivity index (χ0v) is 11.8. The summed E-state index contributed by atoms with van der Waals surface area (Å²) in [5, 5.41) is 7.51. The first-order valence-corrected chi connectivity index (χ1v) is 7.25. The first-order chi connectivity index (χ1) is 9.29. The van der Waals surface area contributed by atoms with Crippen LogP contribution in [0.3, 0.4) is 0 Å². The number of hydrogen-bond acceptors (Lipinski definition) is 5. The Morgan fingerprint density at radius 1 is 1.45 bits per heavy atom. The van der Waals surface area contributed by atoms with E-state index in [1.165, 1.54) is 12.1 Å². The molecule has 0 atom stereocenters. The van der Waals surface area contributed by atoms with E-state index < -0.39 is 15.9 Å². The molecule has 0 aliphatic carbocycles. The molecule has 0 aliphatic heterocycles. The second-order valence-corrected chi connectivity index (χ2v) is 5.88. The zero-order chi connectivity index (χ0) is 14.9. The highest BCUT2D eigenvalue weighted by atomic mass is 35.5. The van der Waals surface area contributed by atoms with Gasteiger partial charge in [0.2, 0.25) is 15.8 Å². The van der Waals surface area contributed by atoms with Gasteiger partial charge < -0.3 is 9.73 Å². The van der Waals surface area contributed by atoms with Gasteiger partial charge in [0, 0.05) is 0 Å². The van der Waals surface area contributed by atoms with Crippen LogP contribution in [0.2, 0.25) is 5.02 Å². The molecule has 1 heterocycles. The number of primary sulfonamides is 1. The molecule has 9 heteroatoms. The molecule has 0 bridgehead atoms. The molecular formula is C11H10ClN3O4S. The Morgan fingerprint density at radius 3 is 2.65 bits per heavy atom. The molecule has 20 heavy (non-hydrogen) atoms. The molecule has 0 unspecified atom stereocenters. The molecule has 1 aromatic carbocycles. The van der Waals surface area contributed by atoms with Crippen LogP contribution >= 0.6 is 11.6 Å². The van der Waals surface area contributed by atoms with Gasteiger partial charge in [-0.2, -0.15) is 0 Å². The average Bonchev–Trinajstić information content (AvgIpc) is 2.76. The van der Waals surface area contributed by atoms with Crippen LogP contribution in [0.4, 0.5) is 5.69 Å². The van der Waals surface area contributed by atoms with Crippen molar-refractivity contribution < 1.29 is 17.6 Å². The van der Waals surface area contributed by atoms with Gasteiger partial charge in [-0.3, -0.25) is 4.79 Å². The summed E-state index contributed by atoms with van der Waals surface area (Å²) in [6, 6.07) is 3.73. The highest BCUT2D eigenvalue weighted by Crippen LogP contribution is 2.25. The minimum atomic E-state index is -3.85. The number of amides is 1. The van der Waals surface area contributed by atoms with Gasteiger partial charge in [0.15, 0.2) is 6.39 Å². The van der Waals surface area contributed by atoms with E-state index in [9.17, 15) is 13.2 Å². The number of nitrogens with zero attached hydrogens (tertiary/aromatic N) is 1. The standard InChI is InChI=1S/C11H10ClN3O4S/c1-6-10(19-5-14-6)11(16)15-9-3-2-7(4-8(9)12)20(13,17)18/h2-5H,1H3,(H,15,16)(H2,13,17,18). The number of rotatable bonds is 3. The fourth-order valence-corrected chi connectivity index (χ4v) is 2.31. The van der Waals surface area contributed by atoms with Crippen molar-refractivity contribution >= 4 is 33.2 Å². The molecule has 106 valence electrons. The number of oxazole rings is 1. The van der Waals surface area contributed by atoms with Crippen molar-refractivity contribution in [1.29, 1.82) is 0 Å².